The molecular formula is C21H26ClN3O2. The molecule has 4 N–H and O–H groups in total. The van der Waals surface area contributed by atoms with E-state index in [1.54, 1.807) is 24.3 Å². The summed E-state index contributed by atoms with van der Waals surface area (Å²) in [5.74, 6) is 0.0315. The van der Waals surface area contributed by atoms with E-state index in [2.05, 4.69) is 10.6 Å². The van der Waals surface area contributed by atoms with Gasteiger partial charge in [-0.25, -0.2) is 0 Å². The van der Waals surface area contributed by atoms with Crippen LogP contribution in [0.4, 0.5) is 0 Å². The average Bonchev–Trinajstić information content (AvgIpc) is 3.52. The molecule has 1 saturated carbocycles. The molecule has 3 rings (SSSR count). The van der Waals surface area contributed by atoms with E-state index in [4.69, 9.17) is 5.73 Å². The third kappa shape index (κ3) is 6.08. The maximum absolute atomic E-state index is 12.8. The van der Waals surface area contributed by atoms with Crippen molar-refractivity contribution >= 4 is 24.2 Å². The number of benzene rings is 2. The van der Waals surface area contributed by atoms with Gasteiger partial charge in [-0.15, -0.1) is 12.4 Å². The lowest BCUT2D eigenvalue weighted by molar-refractivity contribution is -0.123. The molecule has 0 aliphatic heterocycles. The Kier molecular flexibility index (Phi) is 7.82. The van der Waals surface area contributed by atoms with E-state index in [1.165, 1.54) is 0 Å². The second kappa shape index (κ2) is 10.1. The zero-order valence-electron chi connectivity index (χ0n) is 15.1. The molecule has 144 valence electrons. The van der Waals surface area contributed by atoms with E-state index < -0.39 is 6.04 Å². The van der Waals surface area contributed by atoms with Crippen molar-refractivity contribution in [3.63, 3.8) is 0 Å². The highest BCUT2D eigenvalue weighted by Crippen LogP contribution is 2.32. The first kappa shape index (κ1) is 20.9. The molecule has 2 atom stereocenters. The van der Waals surface area contributed by atoms with Gasteiger partial charge in [-0.1, -0.05) is 48.5 Å². The average molecular weight is 388 g/mol. The lowest BCUT2D eigenvalue weighted by Gasteiger charge is -2.23. The third-order valence-electron chi connectivity index (χ3n) is 4.71. The van der Waals surface area contributed by atoms with E-state index in [0.29, 0.717) is 24.4 Å². The van der Waals surface area contributed by atoms with Gasteiger partial charge in [0.1, 0.15) is 6.04 Å². The van der Waals surface area contributed by atoms with Gasteiger partial charge < -0.3 is 16.4 Å². The number of hydrogen-bond acceptors (Lipinski definition) is 3. The first-order chi connectivity index (χ1) is 12.7. The number of halogens is 1. The first-order valence-electron chi connectivity index (χ1n) is 9.07. The van der Waals surface area contributed by atoms with Gasteiger partial charge >= 0.3 is 0 Å². The maximum Gasteiger partial charge on any atom is 0.251 e. The van der Waals surface area contributed by atoms with Crippen LogP contribution in [-0.4, -0.2) is 30.4 Å². The summed E-state index contributed by atoms with van der Waals surface area (Å²) < 4.78 is 0. The van der Waals surface area contributed by atoms with Crippen LogP contribution in [0.25, 0.3) is 0 Å². The van der Waals surface area contributed by atoms with Crippen LogP contribution in [0, 0.1) is 5.92 Å². The molecule has 1 fully saturated rings. The van der Waals surface area contributed by atoms with Crippen molar-refractivity contribution in [3.05, 3.63) is 71.8 Å². The molecule has 1 aliphatic rings. The standard InChI is InChI=1S/C21H25N3O2.ClH/c22-14-19(16-11-12-16)24-21(26)18(13-15-7-3-1-4-8-15)23-20(25)17-9-5-2-6-10-17;/h1-10,16,18-19H,11-14,22H2,(H,23,25)(H,24,26);1H. The van der Waals surface area contributed by atoms with Crippen molar-refractivity contribution in [1.82, 2.24) is 10.6 Å². The van der Waals surface area contributed by atoms with Crippen LogP contribution in [0.5, 0.6) is 0 Å². The number of hydrogen-bond donors (Lipinski definition) is 3. The van der Waals surface area contributed by atoms with Crippen LogP contribution < -0.4 is 16.4 Å². The number of amides is 2. The highest BCUT2D eigenvalue weighted by atomic mass is 35.5. The monoisotopic (exact) mass is 387 g/mol. The van der Waals surface area contributed by atoms with E-state index >= 15 is 0 Å². The summed E-state index contributed by atoms with van der Waals surface area (Å²) in [7, 11) is 0. The topological polar surface area (TPSA) is 84.2 Å². The Labute approximate surface area is 166 Å². The quantitative estimate of drug-likeness (QED) is 0.649. The van der Waals surface area contributed by atoms with Crippen molar-refractivity contribution in [1.29, 1.82) is 0 Å². The molecule has 2 unspecified atom stereocenters. The Bertz CT molecular complexity index is 736. The Balaban J connectivity index is 0.00000261. The molecule has 0 radical (unpaired) electrons. The van der Waals surface area contributed by atoms with Gasteiger partial charge in [0, 0.05) is 24.6 Å². The summed E-state index contributed by atoms with van der Waals surface area (Å²) in [5, 5.41) is 5.91. The fraction of sp³-hybridized carbons (Fsp3) is 0.333. The number of carbonyl (C=O) groups is 2. The first-order valence-corrected chi connectivity index (χ1v) is 9.07. The Morgan fingerprint density at radius 2 is 1.56 bits per heavy atom. The van der Waals surface area contributed by atoms with Crippen molar-refractivity contribution in [2.24, 2.45) is 11.7 Å². The third-order valence-corrected chi connectivity index (χ3v) is 4.71. The molecule has 2 aromatic rings. The van der Waals surface area contributed by atoms with Crippen molar-refractivity contribution in [2.45, 2.75) is 31.3 Å². The van der Waals surface area contributed by atoms with Crippen molar-refractivity contribution in [3.8, 4) is 0 Å². The summed E-state index contributed by atoms with van der Waals surface area (Å²) in [6.45, 7) is 0.418. The van der Waals surface area contributed by atoms with Crippen LogP contribution in [0.2, 0.25) is 0 Å². The lowest BCUT2D eigenvalue weighted by Crippen LogP contribution is -2.52. The fourth-order valence-electron chi connectivity index (χ4n) is 3.04. The summed E-state index contributed by atoms with van der Waals surface area (Å²) in [5.41, 5.74) is 7.34. The van der Waals surface area contributed by atoms with Crippen LogP contribution in [-0.2, 0) is 11.2 Å². The summed E-state index contributed by atoms with van der Waals surface area (Å²) in [6, 6.07) is 18.0. The lowest BCUT2D eigenvalue weighted by atomic mass is 10.0. The van der Waals surface area contributed by atoms with Gasteiger partial charge in [-0.2, -0.15) is 0 Å². The van der Waals surface area contributed by atoms with Gasteiger partial charge in [0.25, 0.3) is 5.91 Å². The van der Waals surface area contributed by atoms with Crippen LogP contribution >= 0.6 is 12.4 Å². The second-order valence-electron chi connectivity index (χ2n) is 6.77. The minimum Gasteiger partial charge on any atom is -0.350 e. The Morgan fingerprint density at radius 3 is 2.11 bits per heavy atom. The van der Waals surface area contributed by atoms with E-state index in [9.17, 15) is 9.59 Å². The smallest absolute Gasteiger partial charge is 0.251 e. The molecular weight excluding hydrogens is 362 g/mol. The largest absolute Gasteiger partial charge is 0.350 e. The molecule has 0 aromatic heterocycles. The second-order valence-corrected chi connectivity index (χ2v) is 6.77. The van der Waals surface area contributed by atoms with Crippen LogP contribution in [0.15, 0.2) is 60.7 Å². The van der Waals surface area contributed by atoms with Crippen molar-refractivity contribution < 1.29 is 9.59 Å². The molecule has 27 heavy (non-hydrogen) atoms. The van der Waals surface area contributed by atoms with Gasteiger partial charge in [0.2, 0.25) is 5.91 Å². The Morgan fingerprint density at radius 1 is 0.963 bits per heavy atom. The zero-order chi connectivity index (χ0) is 18.4. The van der Waals surface area contributed by atoms with Gasteiger partial charge in [-0.05, 0) is 36.5 Å². The van der Waals surface area contributed by atoms with E-state index in [-0.39, 0.29) is 30.3 Å². The molecule has 0 spiro atoms. The van der Waals surface area contributed by atoms with E-state index in [0.717, 1.165) is 18.4 Å². The molecule has 2 amide bonds. The molecule has 0 saturated heterocycles. The predicted molar refractivity (Wildman–Crippen MR) is 109 cm³/mol. The molecule has 2 aromatic carbocycles. The van der Waals surface area contributed by atoms with Gasteiger partial charge in [0.05, 0.1) is 0 Å². The maximum atomic E-state index is 12.8. The molecule has 5 nitrogen and oxygen atoms in total. The number of rotatable bonds is 8. The minimum atomic E-state index is -0.641. The minimum absolute atomic E-state index is 0. The molecule has 6 heteroatoms. The Hall–Kier alpha value is -2.37. The summed E-state index contributed by atoms with van der Waals surface area (Å²) in [4.78, 5) is 25.4. The van der Waals surface area contributed by atoms with Crippen LogP contribution in [0.3, 0.4) is 0 Å². The highest BCUT2D eigenvalue weighted by Gasteiger charge is 2.33. The van der Waals surface area contributed by atoms with Crippen molar-refractivity contribution in [2.75, 3.05) is 6.54 Å². The number of nitrogens with two attached hydrogens (primary N) is 1. The van der Waals surface area contributed by atoms with E-state index in [1.807, 2.05) is 36.4 Å². The predicted octanol–water partition coefficient (Wildman–Crippen LogP) is 2.30. The van der Waals surface area contributed by atoms with Gasteiger partial charge in [-0.3, -0.25) is 9.59 Å². The molecule has 1 aliphatic carbocycles. The SMILES string of the molecule is Cl.NCC(NC(=O)C(Cc1ccccc1)NC(=O)c1ccccc1)C1CC1. The number of nitrogens with one attached hydrogen (secondary N) is 2. The highest BCUT2D eigenvalue weighted by molar-refractivity contribution is 5.97. The number of carbonyl (C=O) groups excluding carboxylic acids is 2. The summed E-state index contributed by atoms with van der Waals surface area (Å²) in [6.07, 6.45) is 2.64. The fourth-order valence-corrected chi connectivity index (χ4v) is 3.04. The van der Waals surface area contributed by atoms with Gasteiger partial charge in [0.15, 0.2) is 0 Å². The van der Waals surface area contributed by atoms with Crippen LogP contribution in [0.1, 0.15) is 28.8 Å². The normalized spacial score (nSPS) is 15.1. The molecule has 0 heterocycles. The zero-order valence-corrected chi connectivity index (χ0v) is 16.0. The summed E-state index contributed by atoms with van der Waals surface area (Å²) >= 11 is 0. The molecule has 0 bridgehead atoms.